The lowest BCUT2D eigenvalue weighted by atomic mass is 10.1. The van der Waals surface area contributed by atoms with Crippen LogP contribution in [0.4, 0.5) is 0 Å². The second kappa shape index (κ2) is 7.38. The van der Waals surface area contributed by atoms with E-state index in [1.807, 2.05) is 6.07 Å². The van der Waals surface area contributed by atoms with Crippen LogP contribution in [-0.2, 0) is 4.74 Å². The molecule has 0 amide bonds. The summed E-state index contributed by atoms with van der Waals surface area (Å²) >= 11 is 6.00. The highest BCUT2D eigenvalue weighted by molar-refractivity contribution is 6.30. The maximum atomic E-state index is 13.0. The highest BCUT2D eigenvalue weighted by atomic mass is 35.5. The fourth-order valence-corrected chi connectivity index (χ4v) is 3.50. The molecule has 2 aromatic rings. The first-order valence-corrected chi connectivity index (χ1v) is 9.25. The first-order valence-electron chi connectivity index (χ1n) is 8.87. The maximum Gasteiger partial charge on any atom is 0.340 e. The third-order valence-electron chi connectivity index (χ3n) is 4.56. The van der Waals surface area contributed by atoms with Gasteiger partial charge in [0.2, 0.25) is 11.1 Å². The average molecular weight is 404 g/mol. The minimum Gasteiger partial charge on any atom is -0.462 e. The topological polar surface area (TPSA) is 85.0 Å². The molecule has 0 spiro atoms. The van der Waals surface area contributed by atoms with Gasteiger partial charge in [0, 0.05) is 5.02 Å². The molecule has 1 aromatic carbocycles. The van der Waals surface area contributed by atoms with Crippen LogP contribution in [-0.4, -0.2) is 22.4 Å². The number of benzene rings is 1. The summed E-state index contributed by atoms with van der Waals surface area (Å²) in [6.45, 7) is 1.89. The van der Waals surface area contributed by atoms with Gasteiger partial charge in [0.25, 0.3) is 0 Å². The summed E-state index contributed by atoms with van der Waals surface area (Å²) in [6.07, 6.45) is 0. The smallest absolute Gasteiger partial charge is 0.340 e. The number of ether oxygens (including phenoxy) is 1. The Morgan fingerprint density at radius 2 is 1.83 bits per heavy atom. The van der Waals surface area contributed by atoms with Gasteiger partial charge in [0.1, 0.15) is 6.07 Å². The van der Waals surface area contributed by atoms with Gasteiger partial charge >= 0.3 is 5.97 Å². The van der Waals surface area contributed by atoms with Gasteiger partial charge in [-0.3, -0.25) is 4.79 Å². The van der Waals surface area contributed by atoms with E-state index in [1.165, 1.54) is 4.68 Å². The molecule has 1 heterocycles. The molecule has 0 fully saturated rings. The highest BCUT2D eigenvalue weighted by Crippen LogP contribution is 2.38. The number of rotatable bonds is 3. The summed E-state index contributed by atoms with van der Waals surface area (Å²) < 4.78 is 6.70. The van der Waals surface area contributed by atoms with Crippen LogP contribution in [0.1, 0.15) is 23.0 Å². The molecule has 2 aliphatic carbocycles. The number of carbonyl (C=O) groups is 1. The van der Waals surface area contributed by atoms with Crippen LogP contribution in [0.3, 0.4) is 0 Å². The Bertz CT molecular complexity index is 1320. The first kappa shape index (κ1) is 18.7. The predicted molar refractivity (Wildman–Crippen MR) is 110 cm³/mol. The van der Waals surface area contributed by atoms with Crippen LogP contribution < -0.4 is 5.43 Å². The van der Waals surface area contributed by atoms with Gasteiger partial charge in [-0.2, -0.15) is 10.4 Å². The lowest BCUT2D eigenvalue weighted by molar-refractivity contribution is 0.0529. The number of hydrogen-bond acceptors (Lipinski definition) is 5. The van der Waals surface area contributed by atoms with Crippen molar-refractivity contribution in [2.45, 2.75) is 6.92 Å². The molecule has 0 aliphatic heterocycles. The average Bonchev–Trinajstić information content (AvgIpc) is 2.86. The fraction of sp³-hybridized carbons (Fsp3) is 0.0909. The zero-order valence-corrected chi connectivity index (χ0v) is 16.1. The molecule has 29 heavy (non-hydrogen) atoms. The van der Waals surface area contributed by atoms with Gasteiger partial charge in [0.05, 0.1) is 28.8 Å². The lowest BCUT2D eigenvalue weighted by Crippen LogP contribution is -2.17. The Kier molecular flexibility index (Phi) is 4.75. The summed E-state index contributed by atoms with van der Waals surface area (Å²) in [5, 5.41) is 14.5. The molecule has 0 atom stereocenters. The molecule has 0 unspecified atom stereocenters. The third-order valence-corrected chi connectivity index (χ3v) is 4.81. The molecule has 0 saturated heterocycles. The van der Waals surface area contributed by atoms with Crippen molar-refractivity contribution in [2.75, 3.05) is 6.61 Å². The normalized spacial score (nSPS) is 10.8. The second-order valence-electron chi connectivity index (χ2n) is 6.23. The van der Waals surface area contributed by atoms with Crippen LogP contribution in [0.25, 0.3) is 27.7 Å². The monoisotopic (exact) mass is 403 g/mol. The largest absolute Gasteiger partial charge is 0.462 e. The van der Waals surface area contributed by atoms with Crippen molar-refractivity contribution in [2.24, 2.45) is 0 Å². The number of nitrogens with zero attached hydrogens (tertiary/aromatic N) is 3. The molecule has 0 N–H and O–H groups in total. The molecule has 7 heteroatoms. The summed E-state index contributed by atoms with van der Waals surface area (Å²) in [4.78, 5) is 25.9. The van der Waals surface area contributed by atoms with Crippen molar-refractivity contribution < 1.29 is 9.53 Å². The standard InChI is InChI=1S/C22H14ClN3O3/c1-2-29-22(28)19-16-7-5-3-4-6-15(16)18-20(19)26(25-17(12-24)21(18)27)14-10-8-13(23)9-11-14/h3-11H,2H2,1H3. The van der Waals surface area contributed by atoms with E-state index in [2.05, 4.69) is 5.10 Å². The van der Waals surface area contributed by atoms with Crippen LogP contribution >= 0.6 is 11.6 Å². The van der Waals surface area contributed by atoms with E-state index < -0.39 is 11.4 Å². The molecular formula is C22H14ClN3O3. The molecule has 0 radical (unpaired) electrons. The molecule has 142 valence electrons. The molecule has 2 aliphatic rings. The van der Waals surface area contributed by atoms with Crippen LogP contribution in [0.2, 0.25) is 5.02 Å². The summed E-state index contributed by atoms with van der Waals surface area (Å²) in [7, 11) is 0. The number of fused-ring (bicyclic) bond motifs is 3. The number of nitriles is 1. The van der Waals surface area contributed by atoms with Crippen LogP contribution in [0, 0.1) is 11.3 Å². The van der Waals surface area contributed by atoms with Gasteiger partial charge in [-0.25, -0.2) is 9.48 Å². The van der Waals surface area contributed by atoms with Crippen molar-refractivity contribution in [1.29, 1.82) is 5.26 Å². The van der Waals surface area contributed by atoms with Crippen molar-refractivity contribution >= 4 is 28.5 Å². The molecule has 1 aromatic heterocycles. The third kappa shape index (κ3) is 3.02. The van der Waals surface area contributed by atoms with Crippen molar-refractivity contribution in [3.05, 3.63) is 81.1 Å². The molecule has 6 nitrogen and oxygen atoms in total. The van der Waals surface area contributed by atoms with Crippen molar-refractivity contribution in [3.8, 4) is 22.9 Å². The molecule has 4 rings (SSSR count). The van der Waals surface area contributed by atoms with Gasteiger partial charge in [-0.1, -0.05) is 41.9 Å². The maximum absolute atomic E-state index is 13.0. The Morgan fingerprint density at radius 1 is 1.14 bits per heavy atom. The lowest BCUT2D eigenvalue weighted by Gasteiger charge is -2.10. The summed E-state index contributed by atoms with van der Waals surface area (Å²) in [5.74, 6) is -0.563. The number of carbonyl (C=O) groups excluding carboxylic acids is 1. The predicted octanol–water partition coefficient (Wildman–Crippen LogP) is 4.19. The Hall–Kier alpha value is -3.69. The van der Waals surface area contributed by atoms with Crippen LogP contribution in [0.15, 0.2) is 59.4 Å². The van der Waals surface area contributed by atoms with E-state index in [1.54, 1.807) is 61.5 Å². The zero-order chi connectivity index (χ0) is 20.5. The van der Waals surface area contributed by atoms with Crippen molar-refractivity contribution in [1.82, 2.24) is 9.78 Å². The van der Waals surface area contributed by atoms with E-state index in [0.717, 1.165) is 0 Å². The Balaban J connectivity index is 2.25. The van der Waals surface area contributed by atoms with E-state index in [-0.39, 0.29) is 23.3 Å². The van der Waals surface area contributed by atoms with Gasteiger partial charge in [-0.15, -0.1) is 0 Å². The minimum atomic E-state index is -0.563. The Morgan fingerprint density at radius 3 is 2.48 bits per heavy atom. The second-order valence-corrected chi connectivity index (χ2v) is 6.67. The van der Waals surface area contributed by atoms with E-state index in [9.17, 15) is 14.9 Å². The number of hydrogen-bond donors (Lipinski definition) is 0. The zero-order valence-electron chi connectivity index (χ0n) is 15.3. The van der Waals surface area contributed by atoms with E-state index in [4.69, 9.17) is 16.3 Å². The van der Waals surface area contributed by atoms with Crippen molar-refractivity contribution in [3.63, 3.8) is 0 Å². The first-order chi connectivity index (χ1) is 14.1. The van der Waals surface area contributed by atoms with Gasteiger partial charge in [-0.05, 0) is 42.3 Å². The quantitative estimate of drug-likeness (QED) is 0.479. The summed E-state index contributed by atoms with van der Waals surface area (Å²) in [5.41, 5.74) is 1.41. The highest BCUT2D eigenvalue weighted by Gasteiger charge is 2.29. The van der Waals surface area contributed by atoms with Gasteiger partial charge < -0.3 is 4.74 Å². The van der Waals surface area contributed by atoms with E-state index >= 15 is 0 Å². The minimum absolute atomic E-state index is 0.181. The molecule has 0 saturated carbocycles. The molecule has 0 bridgehead atoms. The SMILES string of the molecule is CCOC(=O)c1c2cccccc-2c2c(=O)c(C#N)nn(-c3ccc(Cl)cc3)c12. The molecular weight excluding hydrogens is 390 g/mol. The van der Waals surface area contributed by atoms with Crippen LogP contribution in [0.5, 0.6) is 0 Å². The Labute approximate surface area is 170 Å². The summed E-state index contributed by atoms with van der Waals surface area (Å²) in [6, 6.07) is 17.4. The number of halogens is 1. The fourth-order valence-electron chi connectivity index (χ4n) is 3.37. The number of aromatic nitrogens is 2. The number of esters is 1. The van der Waals surface area contributed by atoms with E-state index in [0.29, 0.717) is 27.4 Å². The van der Waals surface area contributed by atoms with Gasteiger partial charge in [0.15, 0.2) is 0 Å².